The van der Waals surface area contributed by atoms with E-state index in [1.54, 1.807) is 29.4 Å². The first-order valence-electron chi connectivity index (χ1n) is 8.40. The fourth-order valence-corrected chi connectivity index (χ4v) is 3.64. The van der Waals surface area contributed by atoms with E-state index in [1.165, 1.54) is 21.3 Å². The number of benzene rings is 1. The van der Waals surface area contributed by atoms with Gasteiger partial charge in [-0.15, -0.1) is 0 Å². The molecule has 1 aliphatic heterocycles. The Balaban J connectivity index is 1.81. The molecule has 2 heterocycles. The van der Waals surface area contributed by atoms with E-state index in [4.69, 9.17) is 14.2 Å². The van der Waals surface area contributed by atoms with Crippen molar-refractivity contribution in [3.63, 3.8) is 0 Å². The van der Waals surface area contributed by atoms with E-state index in [9.17, 15) is 4.79 Å². The van der Waals surface area contributed by atoms with Crippen molar-refractivity contribution in [2.45, 2.75) is 0 Å². The number of halogens is 1. The van der Waals surface area contributed by atoms with E-state index >= 15 is 0 Å². The van der Waals surface area contributed by atoms with Crippen LogP contribution in [0.2, 0.25) is 0 Å². The maximum atomic E-state index is 13.1. The predicted molar refractivity (Wildman–Crippen MR) is 104 cm³/mol. The first-order valence-corrected chi connectivity index (χ1v) is 9.19. The summed E-state index contributed by atoms with van der Waals surface area (Å²) in [7, 11) is 4.58. The molecule has 1 aromatic heterocycles. The second-order valence-electron chi connectivity index (χ2n) is 5.83. The Bertz CT molecular complexity index is 811. The Hall–Kier alpha value is -2.55. The largest absolute Gasteiger partial charge is 0.493 e. The summed E-state index contributed by atoms with van der Waals surface area (Å²) in [5.74, 6) is 1.89. The minimum atomic E-state index is -0.102. The van der Waals surface area contributed by atoms with E-state index in [-0.39, 0.29) is 5.91 Å². The van der Waals surface area contributed by atoms with Crippen molar-refractivity contribution in [3.05, 3.63) is 34.6 Å². The van der Waals surface area contributed by atoms with Gasteiger partial charge in [0.15, 0.2) is 11.5 Å². The molecular weight excluding hydrogens is 416 g/mol. The molecule has 8 nitrogen and oxygen atoms in total. The van der Waals surface area contributed by atoms with E-state index < -0.39 is 0 Å². The van der Waals surface area contributed by atoms with Crippen molar-refractivity contribution in [2.24, 2.45) is 0 Å². The number of anilines is 1. The lowest BCUT2D eigenvalue weighted by molar-refractivity contribution is 0.0744. The van der Waals surface area contributed by atoms with Crippen LogP contribution in [0, 0.1) is 0 Å². The Morgan fingerprint density at radius 3 is 2.19 bits per heavy atom. The smallest absolute Gasteiger partial charge is 0.255 e. The summed E-state index contributed by atoms with van der Waals surface area (Å²) >= 11 is 3.47. The van der Waals surface area contributed by atoms with Gasteiger partial charge in [-0.2, -0.15) is 0 Å². The minimum Gasteiger partial charge on any atom is -0.493 e. The van der Waals surface area contributed by atoms with Gasteiger partial charge in [-0.3, -0.25) is 4.79 Å². The van der Waals surface area contributed by atoms with Crippen molar-refractivity contribution in [1.82, 2.24) is 14.9 Å². The number of hydrogen-bond donors (Lipinski definition) is 0. The average Bonchev–Trinajstić information content (AvgIpc) is 2.73. The molecule has 144 valence electrons. The fourth-order valence-electron chi connectivity index (χ4n) is 3.01. The van der Waals surface area contributed by atoms with Crippen LogP contribution >= 0.6 is 15.9 Å². The van der Waals surface area contributed by atoms with Crippen LogP contribution in [0.3, 0.4) is 0 Å². The van der Waals surface area contributed by atoms with Crippen LogP contribution in [0.1, 0.15) is 10.4 Å². The van der Waals surface area contributed by atoms with Crippen LogP contribution in [0.15, 0.2) is 29.0 Å². The number of amides is 1. The van der Waals surface area contributed by atoms with Crippen molar-refractivity contribution in [3.8, 4) is 17.2 Å². The van der Waals surface area contributed by atoms with Crippen molar-refractivity contribution in [1.29, 1.82) is 0 Å². The normalized spacial score (nSPS) is 14.1. The van der Waals surface area contributed by atoms with Gasteiger partial charge in [0.05, 0.1) is 31.4 Å². The molecule has 0 spiro atoms. The molecule has 1 amide bonds. The van der Waals surface area contributed by atoms with Gasteiger partial charge in [0, 0.05) is 38.6 Å². The third kappa shape index (κ3) is 3.78. The second-order valence-corrected chi connectivity index (χ2v) is 6.63. The van der Waals surface area contributed by atoms with Crippen LogP contribution in [-0.2, 0) is 0 Å². The first kappa shape index (κ1) is 19.2. The molecule has 1 aromatic carbocycles. The number of methoxy groups -OCH3 is 3. The van der Waals surface area contributed by atoms with Crippen molar-refractivity contribution in [2.75, 3.05) is 52.4 Å². The van der Waals surface area contributed by atoms with Gasteiger partial charge in [0.2, 0.25) is 11.7 Å². The highest BCUT2D eigenvalue weighted by molar-refractivity contribution is 9.10. The predicted octanol–water partition coefficient (Wildman–Crippen LogP) is 2.23. The van der Waals surface area contributed by atoms with Crippen LogP contribution in [0.4, 0.5) is 5.95 Å². The van der Waals surface area contributed by atoms with Crippen LogP contribution in [0.25, 0.3) is 0 Å². The Morgan fingerprint density at radius 1 is 1.00 bits per heavy atom. The molecule has 0 saturated carbocycles. The van der Waals surface area contributed by atoms with E-state index in [0.29, 0.717) is 59.4 Å². The maximum absolute atomic E-state index is 13.1. The summed E-state index contributed by atoms with van der Waals surface area (Å²) < 4.78 is 16.7. The number of ether oxygens (including phenoxy) is 3. The molecule has 0 atom stereocenters. The number of rotatable bonds is 5. The average molecular weight is 437 g/mol. The summed E-state index contributed by atoms with van der Waals surface area (Å²) in [5, 5.41) is 0. The summed E-state index contributed by atoms with van der Waals surface area (Å²) in [6, 6.07) is 3.45. The van der Waals surface area contributed by atoms with Crippen LogP contribution in [0.5, 0.6) is 17.2 Å². The zero-order chi connectivity index (χ0) is 19.4. The highest BCUT2D eigenvalue weighted by Crippen LogP contribution is 2.45. The van der Waals surface area contributed by atoms with E-state index in [2.05, 4.69) is 30.8 Å². The van der Waals surface area contributed by atoms with Crippen LogP contribution in [-0.4, -0.2) is 68.3 Å². The van der Waals surface area contributed by atoms with Crippen LogP contribution < -0.4 is 19.1 Å². The molecule has 27 heavy (non-hydrogen) atoms. The van der Waals surface area contributed by atoms with Gasteiger partial charge in [-0.1, -0.05) is 0 Å². The molecule has 1 saturated heterocycles. The SMILES string of the molecule is COc1cc(C(=O)N2CCN(c3ncccn3)CC2)c(Br)c(OC)c1OC. The Labute approximate surface area is 166 Å². The number of aromatic nitrogens is 2. The molecule has 9 heteroatoms. The number of carbonyl (C=O) groups is 1. The molecular formula is C18H21BrN4O4. The number of piperazine rings is 1. The quantitative estimate of drug-likeness (QED) is 0.710. The topological polar surface area (TPSA) is 77.0 Å². The number of carbonyl (C=O) groups excluding carboxylic acids is 1. The van der Waals surface area contributed by atoms with Gasteiger partial charge >= 0.3 is 0 Å². The number of nitrogens with zero attached hydrogens (tertiary/aromatic N) is 4. The summed E-state index contributed by atoms with van der Waals surface area (Å²) in [6.07, 6.45) is 3.43. The van der Waals surface area contributed by atoms with Gasteiger partial charge in [-0.05, 0) is 28.1 Å². The Morgan fingerprint density at radius 2 is 1.63 bits per heavy atom. The molecule has 0 aliphatic carbocycles. The minimum absolute atomic E-state index is 0.102. The zero-order valence-electron chi connectivity index (χ0n) is 15.4. The second kappa shape index (κ2) is 8.43. The third-order valence-electron chi connectivity index (χ3n) is 4.40. The summed E-state index contributed by atoms with van der Waals surface area (Å²) in [4.78, 5) is 25.5. The number of hydrogen-bond acceptors (Lipinski definition) is 7. The highest BCUT2D eigenvalue weighted by atomic mass is 79.9. The zero-order valence-corrected chi connectivity index (χ0v) is 17.0. The van der Waals surface area contributed by atoms with Crippen molar-refractivity contribution >= 4 is 27.8 Å². The maximum Gasteiger partial charge on any atom is 0.255 e. The van der Waals surface area contributed by atoms with Gasteiger partial charge in [0.1, 0.15) is 0 Å². The summed E-state index contributed by atoms with van der Waals surface area (Å²) in [6.45, 7) is 2.47. The Kier molecular flexibility index (Phi) is 6.00. The lowest BCUT2D eigenvalue weighted by Crippen LogP contribution is -2.49. The molecule has 0 unspecified atom stereocenters. The first-order chi connectivity index (χ1) is 13.1. The standard InChI is InChI=1S/C18H21BrN4O4/c1-25-13-11-12(14(19)16(27-3)15(13)26-2)17(24)22-7-9-23(10-8-22)18-20-5-4-6-21-18/h4-6,11H,7-10H2,1-3H3. The third-order valence-corrected chi connectivity index (χ3v) is 5.19. The molecule has 3 rings (SSSR count). The molecule has 1 fully saturated rings. The summed E-state index contributed by atoms with van der Waals surface area (Å²) in [5.41, 5.74) is 0.467. The monoisotopic (exact) mass is 436 g/mol. The van der Waals surface area contributed by atoms with E-state index in [1.807, 2.05) is 0 Å². The lowest BCUT2D eigenvalue weighted by atomic mass is 10.1. The van der Waals surface area contributed by atoms with Crippen molar-refractivity contribution < 1.29 is 19.0 Å². The van der Waals surface area contributed by atoms with Gasteiger partial charge in [-0.25, -0.2) is 9.97 Å². The molecule has 0 N–H and O–H groups in total. The lowest BCUT2D eigenvalue weighted by Gasteiger charge is -2.35. The molecule has 2 aromatic rings. The fraction of sp³-hybridized carbons (Fsp3) is 0.389. The molecule has 1 aliphatic rings. The highest BCUT2D eigenvalue weighted by Gasteiger charge is 2.28. The van der Waals surface area contributed by atoms with E-state index in [0.717, 1.165) is 0 Å². The molecule has 0 bridgehead atoms. The van der Waals surface area contributed by atoms with Gasteiger partial charge < -0.3 is 24.0 Å². The van der Waals surface area contributed by atoms with Gasteiger partial charge in [0.25, 0.3) is 5.91 Å². The molecule has 0 radical (unpaired) electrons.